The molecule has 0 atom stereocenters. The molecular formula is C18H19N5O2. The molecular weight excluding hydrogens is 318 g/mol. The third kappa shape index (κ3) is 4.74. The Labute approximate surface area is 146 Å². The quantitative estimate of drug-likeness (QED) is 0.624. The first-order valence-corrected chi connectivity index (χ1v) is 7.42. The van der Waals surface area contributed by atoms with Crippen LogP contribution in [0.4, 0.5) is 5.69 Å². The van der Waals surface area contributed by atoms with Gasteiger partial charge in [0.05, 0.1) is 7.11 Å². The lowest BCUT2D eigenvalue weighted by Crippen LogP contribution is -2.18. The third-order valence-corrected chi connectivity index (χ3v) is 3.31. The van der Waals surface area contributed by atoms with E-state index in [2.05, 4.69) is 27.0 Å². The van der Waals surface area contributed by atoms with Crippen molar-refractivity contribution in [3.05, 3.63) is 65.9 Å². The standard InChI is InChI=1S/C18H19N5O2/c1-12(13-6-5-9-21-11-13)22-16(17(19)20-2)18(24)23-14-7-4-8-15(10-14)25-3/h4-11H,2,19H2,1,3H3,(H,23,24)/b17-16-,22-12+. The molecule has 25 heavy (non-hydrogen) atoms. The summed E-state index contributed by atoms with van der Waals surface area (Å²) in [7, 11) is 1.55. The van der Waals surface area contributed by atoms with Gasteiger partial charge in [0.15, 0.2) is 11.5 Å². The van der Waals surface area contributed by atoms with Crippen molar-refractivity contribution in [2.24, 2.45) is 15.7 Å². The number of nitrogens with zero attached hydrogens (tertiary/aromatic N) is 3. The maximum atomic E-state index is 12.6. The zero-order valence-corrected chi connectivity index (χ0v) is 14.1. The number of nitrogens with two attached hydrogens (primary N) is 1. The van der Waals surface area contributed by atoms with Crippen LogP contribution in [-0.2, 0) is 4.79 Å². The molecule has 1 aromatic heterocycles. The van der Waals surface area contributed by atoms with Gasteiger partial charge >= 0.3 is 0 Å². The molecule has 0 aliphatic rings. The van der Waals surface area contributed by atoms with Gasteiger partial charge in [-0.05, 0) is 31.8 Å². The number of aromatic nitrogens is 1. The number of carbonyl (C=O) groups excluding carboxylic acids is 1. The number of hydrogen-bond donors (Lipinski definition) is 2. The number of rotatable bonds is 6. The number of hydrogen-bond acceptors (Lipinski definition) is 6. The average molecular weight is 337 g/mol. The van der Waals surface area contributed by atoms with Gasteiger partial charge in [-0.1, -0.05) is 12.1 Å². The van der Waals surface area contributed by atoms with Gasteiger partial charge in [0.25, 0.3) is 5.91 Å². The van der Waals surface area contributed by atoms with Gasteiger partial charge in [-0.3, -0.25) is 9.78 Å². The normalized spacial score (nSPS) is 12.2. The van der Waals surface area contributed by atoms with Crippen LogP contribution in [0.25, 0.3) is 0 Å². The molecule has 128 valence electrons. The van der Waals surface area contributed by atoms with Gasteiger partial charge in [-0.15, -0.1) is 0 Å². The van der Waals surface area contributed by atoms with Crippen molar-refractivity contribution in [3.8, 4) is 5.75 Å². The summed E-state index contributed by atoms with van der Waals surface area (Å²) in [4.78, 5) is 24.6. The molecule has 1 aromatic carbocycles. The minimum atomic E-state index is -0.499. The number of carbonyl (C=O) groups is 1. The number of amides is 1. The van der Waals surface area contributed by atoms with E-state index < -0.39 is 5.91 Å². The van der Waals surface area contributed by atoms with E-state index in [-0.39, 0.29) is 11.5 Å². The number of methoxy groups -OCH3 is 1. The lowest BCUT2D eigenvalue weighted by Gasteiger charge is -2.09. The van der Waals surface area contributed by atoms with E-state index in [1.165, 1.54) is 0 Å². The summed E-state index contributed by atoms with van der Waals surface area (Å²) in [5.41, 5.74) is 7.67. The Balaban J connectivity index is 2.32. The third-order valence-electron chi connectivity index (χ3n) is 3.31. The first-order valence-electron chi connectivity index (χ1n) is 7.42. The van der Waals surface area contributed by atoms with Gasteiger partial charge in [0.1, 0.15) is 5.75 Å². The van der Waals surface area contributed by atoms with Crippen LogP contribution >= 0.6 is 0 Å². The molecule has 1 heterocycles. The van der Waals surface area contributed by atoms with Crippen molar-refractivity contribution in [2.45, 2.75) is 6.92 Å². The SMILES string of the molecule is C=N/C(N)=C(\N=C(/C)c1cccnc1)C(=O)Nc1cccc(OC)c1. The van der Waals surface area contributed by atoms with Crippen LogP contribution in [0.2, 0.25) is 0 Å². The molecule has 0 radical (unpaired) electrons. The van der Waals surface area contributed by atoms with Crippen LogP contribution in [-0.4, -0.2) is 30.4 Å². The molecule has 0 fully saturated rings. The largest absolute Gasteiger partial charge is 0.497 e. The Kier molecular flexibility index (Phi) is 6.00. The molecule has 0 aliphatic carbocycles. The fourth-order valence-electron chi connectivity index (χ4n) is 2.00. The van der Waals surface area contributed by atoms with Crippen LogP contribution in [0.5, 0.6) is 5.75 Å². The van der Waals surface area contributed by atoms with Crippen LogP contribution < -0.4 is 15.8 Å². The molecule has 2 aromatic rings. The zero-order chi connectivity index (χ0) is 18.2. The summed E-state index contributed by atoms with van der Waals surface area (Å²) in [6, 6.07) is 10.6. The first-order chi connectivity index (χ1) is 12.0. The maximum Gasteiger partial charge on any atom is 0.278 e. The smallest absolute Gasteiger partial charge is 0.278 e. The van der Waals surface area contributed by atoms with Gasteiger partial charge < -0.3 is 15.8 Å². The summed E-state index contributed by atoms with van der Waals surface area (Å²) >= 11 is 0. The summed E-state index contributed by atoms with van der Waals surface area (Å²) in [6.07, 6.45) is 3.30. The Morgan fingerprint density at radius 3 is 2.76 bits per heavy atom. The lowest BCUT2D eigenvalue weighted by molar-refractivity contribution is -0.112. The fraction of sp³-hybridized carbons (Fsp3) is 0.111. The first kappa shape index (κ1) is 17.9. The molecule has 2 rings (SSSR count). The van der Waals surface area contributed by atoms with Crippen molar-refractivity contribution >= 4 is 24.0 Å². The van der Waals surface area contributed by atoms with Crippen molar-refractivity contribution in [2.75, 3.05) is 12.4 Å². The van der Waals surface area contributed by atoms with Gasteiger partial charge in [0.2, 0.25) is 0 Å². The van der Waals surface area contributed by atoms with Gasteiger partial charge in [-0.2, -0.15) is 0 Å². The molecule has 0 spiro atoms. The second kappa shape index (κ2) is 8.39. The highest BCUT2D eigenvalue weighted by Gasteiger charge is 2.14. The van der Waals surface area contributed by atoms with Gasteiger partial charge in [0, 0.05) is 35.4 Å². The second-order valence-corrected chi connectivity index (χ2v) is 5.02. The van der Waals surface area contributed by atoms with Crippen LogP contribution in [0, 0.1) is 0 Å². The Bertz CT molecular complexity index is 828. The number of aliphatic imine (C=N–C) groups is 2. The molecule has 0 aliphatic heterocycles. The highest BCUT2D eigenvalue weighted by molar-refractivity contribution is 6.08. The molecule has 0 unspecified atom stereocenters. The minimum Gasteiger partial charge on any atom is -0.497 e. The van der Waals surface area contributed by atoms with E-state index in [1.54, 1.807) is 56.8 Å². The molecule has 1 amide bonds. The Morgan fingerprint density at radius 2 is 2.12 bits per heavy atom. The highest BCUT2D eigenvalue weighted by Crippen LogP contribution is 2.18. The van der Waals surface area contributed by atoms with Crippen molar-refractivity contribution < 1.29 is 9.53 Å². The van der Waals surface area contributed by atoms with E-state index >= 15 is 0 Å². The number of nitrogens with one attached hydrogen (secondary N) is 1. The van der Waals surface area contributed by atoms with Crippen LogP contribution in [0.1, 0.15) is 12.5 Å². The zero-order valence-electron chi connectivity index (χ0n) is 14.1. The number of benzene rings is 1. The molecule has 0 saturated carbocycles. The maximum absolute atomic E-state index is 12.6. The number of pyridine rings is 1. The summed E-state index contributed by atoms with van der Waals surface area (Å²) in [5.74, 6) is 0.0539. The van der Waals surface area contributed by atoms with Crippen LogP contribution in [0.15, 0.2) is 70.3 Å². The number of ether oxygens (including phenoxy) is 1. The lowest BCUT2D eigenvalue weighted by atomic mass is 10.2. The van der Waals surface area contributed by atoms with E-state index in [1.807, 2.05) is 6.07 Å². The van der Waals surface area contributed by atoms with Crippen molar-refractivity contribution in [1.29, 1.82) is 0 Å². The predicted molar refractivity (Wildman–Crippen MR) is 98.8 cm³/mol. The van der Waals surface area contributed by atoms with E-state index in [0.29, 0.717) is 17.1 Å². The van der Waals surface area contributed by atoms with Crippen LogP contribution in [0.3, 0.4) is 0 Å². The topological polar surface area (TPSA) is 102 Å². The minimum absolute atomic E-state index is 0.0285. The van der Waals surface area contributed by atoms with Crippen molar-refractivity contribution in [3.63, 3.8) is 0 Å². The molecule has 3 N–H and O–H groups in total. The average Bonchev–Trinajstić information content (AvgIpc) is 2.66. The molecule has 0 saturated heterocycles. The van der Waals surface area contributed by atoms with E-state index in [4.69, 9.17) is 10.5 Å². The predicted octanol–water partition coefficient (Wildman–Crippen LogP) is 2.37. The van der Waals surface area contributed by atoms with Crippen molar-refractivity contribution in [1.82, 2.24) is 4.98 Å². The molecule has 7 nitrogen and oxygen atoms in total. The summed E-state index contributed by atoms with van der Waals surface area (Å²) < 4.78 is 5.14. The Morgan fingerprint density at radius 1 is 1.32 bits per heavy atom. The fourth-order valence-corrected chi connectivity index (χ4v) is 2.00. The summed E-state index contributed by atoms with van der Waals surface area (Å²) in [6.45, 7) is 5.12. The monoisotopic (exact) mass is 337 g/mol. The summed E-state index contributed by atoms with van der Waals surface area (Å²) in [5, 5.41) is 2.72. The highest BCUT2D eigenvalue weighted by atomic mass is 16.5. The number of anilines is 1. The van der Waals surface area contributed by atoms with Gasteiger partial charge in [-0.25, -0.2) is 9.98 Å². The molecule has 0 bridgehead atoms. The molecule has 7 heteroatoms. The Hall–Kier alpha value is -3.48. The van der Waals surface area contributed by atoms with E-state index in [0.717, 1.165) is 5.56 Å². The second-order valence-electron chi connectivity index (χ2n) is 5.02. The van der Waals surface area contributed by atoms with E-state index in [9.17, 15) is 4.79 Å².